The SMILES string of the molecule is CCN(c1ccccc1)c1ncc(N)s1. The summed E-state index contributed by atoms with van der Waals surface area (Å²) in [5.41, 5.74) is 6.83. The summed E-state index contributed by atoms with van der Waals surface area (Å²) in [5, 5.41) is 1.69. The van der Waals surface area contributed by atoms with E-state index in [1.54, 1.807) is 6.20 Å². The molecule has 0 atom stereocenters. The van der Waals surface area contributed by atoms with Gasteiger partial charge >= 0.3 is 0 Å². The lowest BCUT2D eigenvalue weighted by Crippen LogP contribution is -2.15. The molecular formula is C11H13N3S. The summed E-state index contributed by atoms with van der Waals surface area (Å²) in [7, 11) is 0. The quantitative estimate of drug-likeness (QED) is 0.863. The second kappa shape index (κ2) is 4.31. The van der Waals surface area contributed by atoms with E-state index in [9.17, 15) is 0 Å². The first-order valence-corrected chi connectivity index (χ1v) is 5.67. The topological polar surface area (TPSA) is 42.2 Å². The number of anilines is 3. The van der Waals surface area contributed by atoms with Crippen LogP contribution >= 0.6 is 11.3 Å². The number of nitrogens with two attached hydrogens (primary N) is 1. The average Bonchev–Trinajstić information content (AvgIpc) is 2.68. The van der Waals surface area contributed by atoms with Gasteiger partial charge in [0.1, 0.15) is 5.00 Å². The van der Waals surface area contributed by atoms with Gasteiger partial charge in [-0.05, 0) is 19.1 Å². The van der Waals surface area contributed by atoms with Crippen LogP contribution in [-0.2, 0) is 0 Å². The maximum atomic E-state index is 5.68. The van der Waals surface area contributed by atoms with E-state index in [4.69, 9.17) is 5.73 Å². The van der Waals surface area contributed by atoms with Crippen molar-refractivity contribution < 1.29 is 0 Å². The summed E-state index contributed by atoms with van der Waals surface area (Å²) in [6.45, 7) is 2.99. The second-order valence-electron chi connectivity index (χ2n) is 3.13. The Morgan fingerprint density at radius 3 is 2.60 bits per heavy atom. The lowest BCUT2D eigenvalue weighted by atomic mass is 10.3. The molecule has 1 aromatic carbocycles. The van der Waals surface area contributed by atoms with E-state index in [1.165, 1.54) is 11.3 Å². The number of rotatable bonds is 3. The maximum absolute atomic E-state index is 5.68. The zero-order valence-corrected chi connectivity index (χ0v) is 9.37. The highest BCUT2D eigenvalue weighted by atomic mass is 32.1. The molecule has 0 amide bonds. The van der Waals surface area contributed by atoms with Crippen molar-refractivity contribution in [3.05, 3.63) is 36.5 Å². The van der Waals surface area contributed by atoms with Gasteiger partial charge in [0.05, 0.1) is 6.20 Å². The van der Waals surface area contributed by atoms with E-state index in [2.05, 4.69) is 28.9 Å². The van der Waals surface area contributed by atoms with Crippen LogP contribution in [-0.4, -0.2) is 11.5 Å². The molecule has 3 nitrogen and oxygen atoms in total. The van der Waals surface area contributed by atoms with Crippen LogP contribution in [0.5, 0.6) is 0 Å². The number of para-hydroxylation sites is 1. The molecule has 78 valence electrons. The average molecular weight is 219 g/mol. The molecule has 2 rings (SSSR count). The third kappa shape index (κ3) is 2.10. The van der Waals surface area contributed by atoms with Crippen molar-refractivity contribution in [2.75, 3.05) is 17.2 Å². The van der Waals surface area contributed by atoms with E-state index < -0.39 is 0 Å². The molecule has 0 aliphatic rings. The normalized spacial score (nSPS) is 10.2. The smallest absolute Gasteiger partial charge is 0.191 e. The van der Waals surface area contributed by atoms with Gasteiger partial charge in [-0.15, -0.1) is 0 Å². The lowest BCUT2D eigenvalue weighted by molar-refractivity contribution is 1.01. The number of thiazole rings is 1. The van der Waals surface area contributed by atoms with Crippen LogP contribution in [0.1, 0.15) is 6.92 Å². The van der Waals surface area contributed by atoms with Crippen molar-refractivity contribution >= 4 is 27.2 Å². The Labute approximate surface area is 93.2 Å². The van der Waals surface area contributed by atoms with E-state index in [0.29, 0.717) is 0 Å². The van der Waals surface area contributed by atoms with Gasteiger partial charge in [0.25, 0.3) is 0 Å². The minimum Gasteiger partial charge on any atom is -0.389 e. The fraction of sp³-hybridized carbons (Fsp3) is 0.182. The monoisotopic (exact) mass is 219 g/mol. The van der Waals surface area contributed by atoms with E-state index in [1.807, 2.05) is 18.2 Å². The molecule has 4 heteroatoms. The van der Waals surface area contributed by atoms with Crippen molar-refractivity contribution in [1.82, 2.24) is 4.98 Å². The maximum Gasteiger partial charge on any atom is 0.191 e. The molecule has 15 heavy (non-hydrogen) atoms. The summed E-state index contributed by atoms with van der Waals surface area (Å²) < 4.78 is 0. The van der Waals surface area contributed by atoms with Gasteiger partial charge in [0.15, 0.2) is 5.13 Å². The Hall–Kier alpha value is -1.55. The van der Waals surface area contributed by atoms with Gasteiger partial charge in [0.2, 0.25) is 0 Å². The largest absolute Gasteiger partial charge is 0.389 e. The van der Waals surface area contributed by atoms with Gasteiger partial charge in [0, 0.05) is 12.2 Å². The van der Waals surface area contributed by atoms with Gasteiger partial charge < -0.3 is 10.6 Å². The van der Waals surface area contributed by atoms with Gasteiger partial charge in [-0.2, -0.15) is 0 Å². The summed E-state index contributed by atoms with van der Waals surface area (Å²) >= 11 is 1.51. The number of benzene rings is 1. The number of nitrogen functional groups attached to an aromatic ring is 1. The molecule has 0 fully saturated rings. The predicted octanol–water partition coefficient (Wildman–Crippen LogP) is 2.88. The van der Waals surface area contributed by atoms with Gasteiger partial charge in [-0.25, -0.2) is 4.98 Å². The number of hydrogen-bond donors (Lipinski definition) is 1. The summed E-state index contributed by atoms with van der Waals surface area (Å²) in [4.78, 5) is 6.42. The molecule has 0 bridgehead atoms. The molecule has 0 saturated heterocycles. The molecule has 0 unspecified atom stereocenters. The zero-order valence-electron chi connectivity index (χ0n) is 8.55. The van der Waals surface area contributed by atoms with Crippen LogP contribution in [0.15, 0.2) is 36.5 Å². The highest BCUT2D eigenvalue weighted by molar-refractivity contribution is 7.19. The Morgan fingerprint density at radius 1 is 1.33 bits per heavy atom. The minimum absolute atomic E-state index is 0.749. The highest BCUT2D eigenvalue weighted by Gasteiger charge is 2.09. The van der Waals surface area contributed by atoms with E-state index in [0.717, 1.165) is 22.4 Å². The van der Waals surface area contributed by atoms with Crippen LogP contribution in [0.25, 0.3) is 0 Å². The molecule has 2 N–H and O–H groups in total. The molecule has 0 radical (unpaired) electrons. The van der Waals surface area contributed by atoms with Crippen molar-refractivity contribution in [2.45, 2.75) is 6.92 Å². The fourth-order valence-electron chi connectivity index (χ4n) is 1.44. The molecular weight excluding hydrogens is 206 g/mol. The third-order valence-corrected chi connectivity index (χ3v) is 2.98. The number of aromatic nitrogens is 1. The number of nitrogens with zero attached hydrogens (tertiary/aromatic N) is 2. The predicted molar refractivity (Wildman–Crippen MR) is 65.6 cm³/mol. The van der Waals surface area contributed by atoms with Crippen molar-refractivity contribution in [3.63, 3.8) is 0 Å². The van der Waals surface area contributed by atoms with Crippen molar-refractivity contribution in [2.24, 2.45) is 0 Å². The molecule has 0 aliphatic heterocycles. The van der Waals surface area contributed by atoms with Crippen molar-refractivity contribution in [3.8, 4) is 0 Å². The van der Waals surface area contributed by atoms with Crippen LogP contribution in [0.3, 0.4) is 0 Å². The fourth-order valence-corrected chi connectivity index (χ4v) is 2.20. The highest BCUT2D eigenvalue weighted by Crippen LogP contribution is 2.29. The van der Waals surface area contributed by atoms with Gasteiger partial charge in [-0.3, -0.25) is 0 Å². The Balaban J connectivity index is 2.33. The molecule has 0 saturated carbocycles. The van der Waals surface area contributed by atoms with Crippen LogP contribution in [0, 0.1) is 0 Å². The summed E-state index contributed by atoms with van der Waals surface area (Å²) in [6.07, 6.45) is 1.70. The Kier molecular flexibility index (Phi) is 2.87. The first-order chi connectivity index (χ1) is 7.31. The Morgan fingerprint density at radius 2 is 2.07 bits per heavy atom. The third-order valence-electron chi connectivity index (χ3n) is 2.13. The minimum atomic E-state index is 0.749. The first kappa shape index (κ1) is 9.98. The van der Waals surface area contributed by atoms with Crippen molar-refractivity contribution in [1.29, 1.82) is 0 Å². The molecule has 1 aromatic heterocycles. The lowest BCUT2D eigenvalue weighted by Gasteiger charge is -2.19. The van der Waals surface area contributed by atoms with Crippen LogP contribution < -0.4 is 10.6 Å². The van der Waals surface area contributed by atoms with E-state index >= 15 is 0 Å². The van der Waals surface area contributed by atoms with Crippen LogP contribution in [0.4, 0.5) is 15.8 Å². The second-order valence-corrected chi connectivity index (χ2v) is 4.17. The molecule has 0 spiro atoms. The standard InChI is InChI=1S/C11H13N3S/c1-2-14(9-6-4-3-5-7-9)11-13-8-10(12)15-11/h3-8H,2,12H2,1H3. The van der Waals surface area contributed by atoms with Gasteiger partial charge in [-0.1, -0.05) is 29.5 Å². The van der Waals surface area contributed by atoms with Crippen LogP contribution in [0.2, 0.25) is 0 Å². The summed E-state index contributed by atoms with van der Waals surface area (Å²) in [6, 6.07) is 10.2. The number of hydrogen-bond acceptors (Lipinski definition) is 4. The molecule has 1 heterocycles. The first-order valence-electron chi connectivity index (χ1n) is 4.85. The Bertz CT molecular complexity index is 424. The molecule has 0 aliphatic carbocycles. The summed E-state index contributed by atoms with van der Waals surface area (Å²) in [5.74, 6) is 0. The molecule has 2 aromatic rings. The zero-order chi connectivity index (χ0) is 10.7. The van der Waals surface area contributed by atoms with E-state index in [-0.39, 0.29) is 0 Å².